The first kappa shape index (κ1) is 22.1. The van der Waals surface area contributed by atoms with Gasteiger partial charge in [-0.25, -0.2) is 0 Å². The predicted molar refractivity (Wildman–Crippen MR) is 112 cm³/mol. The molecule has 1 heterocycles. The largest absolute Gasteiger partial charge is 0.493 e. The van der Waals surface area contributed by atoms with Crippen molar-refractivity contribution in [3.63, 3.8) is 0 Å². The molecule has 0 saturated heterocycles. The van der Waals surface area contributed by atoms with Crippen LogP contribution in [0.15, 0.2) is 42.7 Å². The monoisotopic (exact) mass is 387 g/mol. The summed E-state index contributed by atoms with van der Waals surface area (Å²) in [5.41, 5.74) is 2.35. The first-order valence-electron chi connectivity index (χ1n) is 9.96. The van der Waals surface area contributed by atoms with Crippen LogP contribution < -0.4 is 14.8 Å². The molecule has 0 fully saturated rings. The first-order valence-corrected chi connectivity index (χ1v) is 9.96. The van der Waals surface area contributed by atoms with Gasteiger partial charge in [0.2, 0.25) is 0 Å². The Kier molecular flexibility index (Phi) is 9.76. The lowest BCUT2D eigenvalue weighted by Gasteiger charge is -2.22. The predicted octanol–water partition coefficient (Wildman–Crippen LogP) is 2.50. The van der Waals surface area contributed by atoms with Crippen LogP contribution in [0, 0.1) is 0 Å². The van der Waals surface area contributed by atoms with Gasteiger partial charge in [0.05, 0.1) is 7.11 Å². The van der Waals surface area contributed by atoms with Gasteiger partial charge in [0.15, 0.2) is 11.5 Å². The van der Waals surface area contributed by atoms with E-state index < -0.39 is 6.10 Å². The molecule has 28 heavy (non-hydrogen) atoms. The van der Waals surface area contributed by atoms with Gasteiger partial charge in [-0.15, -0.1) is 0 Å². The smallest absolute Gasteiger partial charge is 0.161 e. The van der Waals surface area contributed by atoms with Crippen molar-refractivity contribution in [2.24, 2.45) is 0 Å². The number of hydrogen-bond donors (Lipinski definition) is 2. The van der Waals surface area contributed by atoms with Crippen molar-refractivity contribution >= 4 is 0 Å². The molecule has 0 aliphatic heterocycles. The van der Waals surface area contributed by atoms with E-state index in [0.29, 0.717) is 18.0 Å². The summed E-state index contributed by atoms with van der Waals surface area (Å²) in [7, 11) is 1.63. The summed E-state index contributed by atoms with van der Waals surface area (Å²) in [6.45, 7) is 8.49. The van der Waals surface area contributed by atoms with E-state index in [2.05, 4.69) is 35.1 Å². The van der Waals surface area contributed by atoms with Gasteiger partial charge >= 0.3 is 0 Å². The molecular weight excluding hydrogens is 354 g/mol. The third-order valence-electron chi connectivity index (χ3n) is 4.67. The van der Waals surface area contributed by atoms with Gasteiger partial charge in [-0.3, -0.25) is 4.98 Å². The minimum Gasteiger partial charge on any atom is -0.493 e. The first-order chi connectivity index (χ1) is 13.7. The van der Waals surface area contributed by atoms with E-state index >= 15 is 0 Å². The van der Waals surface area contributed by atoms with Crippen molar-refractivity contribution in [1.29, 1.82) is 0 Å². The van der Waals surface area contributed by atoms with E-state index in [9.17, 15) is 5.11 Å². The Labute approximate surface area is 168 Å². The van der Waals surface area contributed by atoms with Crippen LogP contribution in [0.3, 0.4) is 0 Å². The third kappa shape index (κ3) is 7.46. The Morgan fingerprint density at radius 3 is 2.64 bits per heavy atom. The Hall–Kier alpha value is -2.15. The molecule has 0 amide bonds. The number of aromatic nitrogens is 1. The van der Waals surface area contributed by atoms with Gasteiger partial charge in [-0.05, 0) is 55.4 Å². The van der Waals surface area contributed by atoms with E-state index in [1.165, 1.54) is 5.56 Å². The summed E-state index contributed by atoms with van der Waals surface area (Å²) in [5, 5.41) is 13.6. The highest BCUT2D eigenvalue weighted by molar-refractivity contribution is 5.43. The summed E-state index contributed by atoms with van der Waals surface area (Å²) in [6, 6.07) is 9.94. The van der Waals surface area contributed by atoms with Crippen LogP contribution >= 0.6 is 0 Å². The maximum atomic E-state index is 10.2. The Morgan fingerprint density at radius 2 is 1.96 bits per heavy atom. The van der Waals surface area contributed by atoms with Crippen LogP contribution in [0.2, 0.25) is 0 Å². The van der Waals surface area contributed by atoms with Crippen molar-refractivity contribution in [3.8, 4) is 11.5 Å². The molecule has 1 aromatic carbocycles. The van der Waals surface area contributed by atoms with Gasteiger partial charge < -0.3 is 24.8 Å². The minimum atomic E-state index is -0.529. The second-order valence-corrected chi connectivity index (χ2v) is 6.72. The van der Waals surface area contributed by atoms with Crippen molar-refractivity contribution in [2.75, 3.05) is 39.9 Å². The molecule has 0 saturated carbocycles. The lowest BCUT2D eigenvalue weighted by molar-refractivity contribution is 0.0705. The van der Waals surface area contributed by atoms with Crippen LogP contribution in [0.25, 0.3) is 0 Å². The molecule has 0 bridgehead atoms. The number of nitrogens with one attached hydrogen (secondary N) is 1. The van der Waals surface area contributed by atoms with E-state index in [1.54, 1.807) is 13.3 Å². The SMILES string of the molecule is CCN(CC)CC(O)COc1ccc(CNCCc2cccnc2)cc1OC. The van der Waals surface area contributed by atoms with Crippen molar-refractivity contribution < 1.29 is 14.6 Å². The Balaban J connectivity index is 1.80. The molecule has 0 aliphatic rings. The number of aliphatic hydroxyl groups excluding tert-OH is 1. The Bertz CT molecular complexity index is 678. The van der Waals surface area contributed by atoms with E-state index in [0.717, 1.165) is 38.2 Å². The number of rotatable bonds is 13. The highest BCUT2D eigenvalue weighted by Crippen LogP contribution is 2.28. The number of hydrogen-bond acceptors (Lipinski definition) is 6. The number of likely N-dealkylation sites (N-methyl/N-ethyl adjacent to an activating group) is 1. The van der Waals surface area contributed by atoms with Crippen LogP contribution in [0.5, 0.6) is 11.5 Å². The average molecular weight is 388 g/mol. The summed E-state index contributed by atoms with van der Waals surface area (Å²) in [4.78, 5) is 6.30. The number of nitrogens with zero attached hydrogens (tertiary/aromatic N) is 2. The molecule has 0 aliphatic carbocycles. The fraction of sp³-hybridized carbons (Fsp3) is 0.500. The molecule has 6 nitrogen and oxygen atoms in total. The van der Waals surface area contributed by atoms with Crippen LogP contribution in [0.4, 0.5) is 0 Å². The van der Waals surface area contributed by atoms with E-state index in [4.69, 9.17) is 9.47 Å². The second kappa shape index (κ2) is 12.3. The molecule has 1 atom stereocenters. The molecule has 154 valence electrons. The quantitative estimate of drug-likeness (QED) is 0.515. The summed E-state index contributed by atoms with van der Waals surface area (Å²) in [5.74, 6) is 1.34. The fourth-order valence-electron chi connectivity index (χ4n) is 2.97. The lowest BCUT2D eigenvalue weighted by Crippen LogP contribution is -2.35. The van der Waals surface area contributed by atoms with Gasteiger partial charge in [-0.2, -0.15) is 0 Å². The van der Waals surface area contributed by atoms with Crippen molar-refractivity contribution in [1.82, 2.24) is 15.2 Å². The van der Waals surface area contributed by atoms with E-state index in [1.807, 2.05) is 30.5 Å². The maximum Gasteiger partial charge on any atom is 0.161 e. The molecule has 6 heteroatoms. The molecule has 2 N–H and O–H groups in total. The second-order valence-electron chi connectivity index (χ2n) is 6.72. The number of benzene rings is 1. The Morgan fingerprint density at radius 1 is 1.14 bits per heavy atom. The highest BCUT2D eigenvalue weighted by Gasteiger charge is 2.12. The van der Waals surface area contributed by atoms with Gasteiger partial charge in [-0.1, -0.05) is 26.0 Å². The summed E-state index contributed by atoms with van der Waals surface area (Å²) in [6.07, 6.45) is 4.09. The summed E-state index contributed by atoms with van der Waals surface area (Å²) >= 11 is 0. The topological polar surface area (TPSA) is 66.9 Å². The number of pyridine rings is 1. The number of methoxy groups -OCH3 is 1. The minimum absolute atomic E-state index is 0.246. The lowest BCUT2D eigenvalue weighted by atomic mass is 10.2. The van der Waals surface area contributed by atoms with Crippen molar-refractivity contribution in [2.45, 2.75) is 32.9 Å². The number of aliphatic hydroxyl groups is 1. The molecule has 2 aromatic rings. The molecule has 1 unspecified atom stereocenters. The zero-order valence-corrected chi connectivity index (χ0v) is 17.2. The van der Waals surface area contributed by atoms with Gasteiger partial charge in [0.1, 0.15) is 12.7 Å². The number of ether oxygens (including phenoxy) is 2. The fourth-order valence-corrected chi connectivity index (χ4v) is 2.97. The normalized spacial score (nSPS) is 12.2. The van der Waals surface area contributed by atoms with Gasteiger partial charge in [0.25, 0.3) is 0 Å². The standard InChI is InChI=1S/C22H33N3O3/c1-4-25(5-2)16-20(26)17-28-21-9-8-19(13-22(21)27-3)15-24-12-10-18-7-6-11-23-14-18/h6-9,11,13-14,20,24,26H,4-5,10,12,15-17H2,1-3H3. The molecule has 2 rings (SSSR count). The van der Waals surface area contributed by atoms with Crippen LogP contribution in [0.1, 0.15) is 25.0 Å². The average Bonchev–Trinajstić information content (AvgIpc) is 2.74. The van der Waals surface area contributed by atoms with Crippen LogP contribution in [-0.2, 0) is 13.0 Å². The van der Waals surface area contributed by atoms with E-state index in [-0.39, 0.29) is 6.61 Å². The maximum absolute atomic E-state index is 10.2. The molecule has 1 aromatic heterocycles. The van der Waals surface area contributed by atoms with Gasteiger partial charge in [0, 0.05) is 25.5 Å². The van der Waals surface area contributed by atoms with Crippen LogP contribution in [-0.4, -0.2) is 61.0 Å². The molecule has 0 radical (unpaired) electrons. The zero-order valence-electron chi connectivity index (χ0n) is 17.2. The summed E-state index contributed by atoms with van der Waals surface area (Å²) < 4.78 is 11.3. The molecular formula is C22H33N3O3. The van der Waals surface area contributed by atoms with Crippen molar-refractivity contribution in [3.05, 3.63) is 53.9 Å². The highest BCUT2D eigenvalue weighted by atomic mass is 16.5. The third-order valence-corrected chi connectivity index (χ3v) is 4.67. The zero-order chi connectivity index (χ0) is 20.2. The molecule has 0 spiro atoms.